The summed E-state index contributed by atoms with van der Waals surface area (Å²) in [5.41, 5.74) is -0.604. The molecule has 52 heavy (non-hydrogen) atoms. The Balaban J connectivity index is 1.28. The number of aliphatic hydroxyl groups is 2. The standard InChI is InChI=1S/C41H66N2O9/c1-8-34(51-40(47)43-23-18-32(19-24-43)42-21-10-9-11-22-42)30(5)39-35(50-39)25-27(2)13-12-14-28(3)38-29(4)15-16-36(49-31(6)44)41(7,48)20-17-33(45)26-37(46)52-38/h12-16,27,29-30,32-36,38-39,45,48H,8-11,17-26H2,1-7H3. The minimum Gasteiger partial charge on any atom is -0.457 e. The van der Waals surface area contributed by atoms with Gasteiger partial charge in [0.1, 0.15) is 23.9 Å². The number of nitrogens with zero attached hydrogens (tertiary/aromatic N) is 2. The lowest BCUT2D eigenvalue weighted by atomic mass is 9.88. The zero-order chi connectivity index (χ0) is 38.0. The van der Waals surface area contributed by atoms with Crippen molar-refractivity contribution in [3.8, 4) is 0 Å². The van der Waals surface area contributed by atoms with Crippen LogP contribution < -0.4 is 0 Å². The number of carbonyl (C=O) groups excluding carboxylic acids is 3. The normalized spacial score (nSPS) is 33.4. The first-order valence-corrected chi connectivity index (χ1v) is 19.8. The van der Waals surface area contributed by atoms with Gasteiger partial charge in [-0.05, 0) is 95.9 Å². The molecule has 4 aliphatic rings. The molecule has 0 aromatic heterocycles. The molecule has 3 saturated heterocycles. The average molecular weight is 731 g/mol. The number of epoxide rings is 1. The van der Waals surface area contributed by atoms with Crippen molar-refractivity contribution in [1.29, 1.82) is 0 Å². The highest BCUT2D eigenvalue weighted by atomic mass is 16.6. The maximum atomic E-state index is 13.1. The molecule has 10 atom stereocenters. The van der Waals surface area contributed by atoms with Crippen LogP contribution in [0.15, 0.2) is 36.0 Å². The summed E-state index contributed by atoms with van der Waals surface area (Å²) in [7, 11) is 0. The van der Waals surface area contributed by atoms with E-state index in [1.807, 2.05) is 30.9 Å². The fourth-order valence-corrected chi connectivity index (χ4v) is 8.05. The first kappa shape index (κ1) is 42.0. The second-order valence-corrected chi connectivity index (χ2v) is 16.1. The number of ether oxygens (including phenoxy) is 4. The zero-order valence-electron chi connectivity index (χ0n) is 32.7. The maximum absolute atomic E-state index is 13.1. The highest BCUT2D eigenvalue weighted by Crippen LogP contribution is 2.38. The first-order chi connectivity index (χ1) is 24.7. The van der Waals surface area contributed by atoms with E-state index in [9.17, 15) is 24.6 Å². The predicted octanol–water partition coefficient (Wildman–Crippen LogP) is 6.12. The van der Waals surface area contributed by atoms with E-state index >= 15 is 0 Å². The molecule has 0 radical (unpaired) electrons. The lowest BCUT2D eigenvalue weighted by Gasteiger charge is -2.40. The van der Waals surface area contributed by atoms with Gasteiger partial charge in [-0.1, -0.05) is 58.4 Å². The van der Waals surface area contributed by atoms with Gasteiger partial charge < -0.3 is 39.0 Å². The van der Waals surface area contributed by atoms with Gasteiger partial charge in [0.05, 0.1) is 24.7 Å². The summed E-state index contributed by atoms with van der Waals surface area (Å²) in [6.07, 6.45) is 14.3. The summed E-state index contributed by atoms with van der Waals surface area (Å²) in [5, 5.41) is 21.5. The Morgan fingerprint density at radius 2 is 1.77 bits per heavy atom. The van der Waals surface area contributed by atoms with Gasteiger partial charge in [-0.3, -0.25) is 9.59 Å². The van der Waals surface area contributed by atoms with Crippen LogP contribution in [-0.2, 0) is 28.5 Å². The summed E-state index contributed by atoms with van der Waals surface area (Å²) in [6, 6.07) is 0.585. The lowest BCUT2D eigenvalue weighted by molar-refractivity contribution is -0.157. The van der Waals surface area contributed by atoms with Crippen molar-refractivity contribution in [3.05, 3.63) is 36.0 Å². The largest absolute Gasteiger partial charge is 0.457 e. The van der Waals surface area contributed by atoms with E-state index < -0.39 is 35.9 Å². The number of esters is 2. The molecule has 3 fully saturated rings. The number of rotatable bonds is 11. The van der Waals surface area contributed by atoms with Gasteiger partial charge in [0.25, 0.3) is 0 Å². The van der Waals surface area contributed by atoms with Crippen LogP contribution in [0.4, 0.5) is 4.79 Å². The third-order valence-electron chi connectivity index (χ3n) is 11.5. The summed E-state index contributed by atoms with van der Waals surface area (Å²) in [6.45, 7) is 16.9. The van der Waals surface area contributed by atoms with E-state index in [0.717, 1.165) is 44.3 Å². The Bertz CT molecular complexity index is 1270. The van der Waals surface area contributed by atoms with Gasteiger partial charge in [0, 0.05) is 37.9 Å². The van der Waals surface area contributed by atoms with E-state index in [-0.39, 0.29) is 61.4 Å². The smallest absolute Gasteiger partial charge is 0.410 e. The second kappa shape index (κ2) is 19.6. The van der Waals surface area contributed by atoms with Gasteiger partial charge in [0.15, 0.2) is 0 Å². The molecule has 0 bridgehead atoms. The van der Waals surface area contributed by atoms with E-state index in [0.29, 0.717) is 6.04 Å². The number of piperidine rings is 2. The first-order valence-electron chi connectivity index (χ1n) is 19.8. The molecule has 0 aromatic carbocycles. The monoisotopic (exact) mass is 730 g/mol. The molecule has 1 amide bonds. The van der Waals surface area contributed by atoms with Crippen molar-refractivity contribution in [3.63, 3.8) is 0 Å². The number of aliphatic hydroxyl groups excluding tert-OH is 1. The molecule has 0 saturated carbocycles. The number of amides is 1. The summed E-state index contributed by atoms with van der Waals surface area (Å²) >= 11 is 0. The van der Waals surface area contributed by atoms with Crippen molar-refractivity contribution >= 4 is 18.0 Å². The van der Waals surface area contributed by atoms with Gasteiger partial charge in [-0.25, -0.2) is 4.79 Å². The molecule has 0 aromatic rings. The van der Waals surface area contributed by atoms with E-state index in [2.05, 4.69) is 31.7 Å². The van der Waals surface area contributed by atoms with Gasteiger partial charge in [-0.15, -0.1) is 0 Å². The summed E-state index contributed by atoms with van der Waals surface area (Å²) in [4.78, 5) is 42.2. The van der Waals surface area contributed by atoms with Crippen LogP contribution in [-0.4, -0.2) is 112 Å². The Hall–Kier alpha value is -2.73. The molecule has 10 unspecified atom stereocenters. The van der Waals surface area contributed by atoms with Crippen LogP contribution in [0.1, 0.15) is 113 Å². The van der Waals surface area contributed by atoms with Crippen LogP contribution in [0.3, 0.4) is 0 Å². The van der Waals surface area contributed by atoms with Crippen LogP contribution in [0.2, 0.25) is 0 Å². The number of cyclic esters (lactones) is 1. The number of hydrogen-bond donors (Lipinski definition) is 2. The molecule has 4 rings (SSSR count). The zero-order valence-corrected chi connectivity index (χ0v) is 32.7. The van der Waals surface area contributed by atoms with E-state index in [4.69, 9.17) is 18.9 Å². The summed E-state index contributed by atoms with van der Waals surface area (Å²) in [5.74, 6) is -1.03. The minimum absolute atomic E-state index is 0.0472. The molecule has 0 spiro atoms. The van der Waals surface area contributed by atoms with Crippen molar-refractivity contribution in [2.75, 3.05) is 26.2 Å². The van der Waals surface area contributed by atoms with E-state index in [1.54, 1.807) is 19.1 Å². The Labute approximate surface area is 311 Å². The SMILES string of the molecule is CCC(OC(=O)N1CCC(N2CCCCC2)CC1)C(C)C1OC1CC(C)C=CC=C(C)C1OC(=O)CC(O)CCC(C)(O)C(OC(C)=O)C=CC1C. The van der Waals surface area contributed by atoms with Crippen molar-refractivity contribution < 1.29 is 43.5 Å². The van der Waals surface area contributed by atoms with Crippen molar-refractivity contribution in [2.24, 2.45) is 17.8 Å². The average Bonchev–Trinajstić information content (AvgIpc) is 3.88. The minimum atomic E-state index is -1.42. The third-order valence-corrected chi connectivity index (χ3v) is 11.5. The fraction of sp³-hybridized carbons (Fsp3) is 0.780. The molecular formula is C41H66N2O9. The predicted molar refractivity (Wildman–Crippen MR) is 199 cm³/mol. The van der Waals surface area contributed by atoms with Gasteiger partial charge in [0.2, 0.25) is 0 Å². The lowest BCUT2D eigenvalue weighted by Crippen LogP contribution is -2.49. The van der Waals surface area contributed by atoms with Crippen LogP contribution >= 0.6 is 0 Å². The Morgan fingerprint density at radius 3 is 2.42 bits per heavy atom. The van der Waals surface area contributed by atoms with Crippen molar-refractivity contribution in [2.45, 2.75) is 161 Å². The quantitative estimate of drug-likeness (QED) is 0.0842. The third kappa shape index (κ3) is 12.4. The van der Waals surface area contributed by atoms with Gasteiger partial charge >= 0.3 is 18.0 Å². The van der Waals surface area contributed by atoms with E-state index in [1.165, 1.54) is 39.3 Å². The van der Waals surface area contributed by atoms with Crippen LogP contribution in [0.5, 0.6) is 0 Å². The maximum Gasteiger partial charge on any atom is 0.410 e. The van der Waals surface area contributed by atoms with Crippen molar-refractivity contribution in [1.82, 2.24) is 9.80 Å². The molecule has 294 valence electrons. The highest BCUT2D eigenvalue weighted by Gasteiger charge is 2.46. The fourth-order valence-electron chi connectivity index (χ4n) is 8.05. The molecular weight excluding hydrogens is 664 g/mol. The molecule has 11 nitrogen and oxygen atoms in total. The van der Waals surface area contributed by atoms with Crippen LogP contribution in [0, 0.1) is 17.8 Å². The van der Waals surface area contributed by atoms with Gasteiger partial charge in [-0.2, -0.15) is 0 Å². The molecule has 2 N–H and O–H groups in total. The summed E-state index contributed by atoms with van der Waals surface area (Å²) < 4.78 is 23.5. The Kier molecular flexibility index (Phi) is 15.8. The number of likely N-dealkylation sites (tertiary alicyclic amines) is 2. The topological polar surface area (TPSA) is 138 Å². The number of hydrogen-bond acceptors (Lipinski definition) is 10. The molecule has 0 aliphatic carbocycles. The molecule has 11 heteroatoms. The Morgan fingerprint density at radius 1 is 1.08 bits per heavy atom. The molecule has 4 aliphatic heterocycles. The number of carbonyl (C=O) groups is 3. The second-order valence-electron chi connectivity index (χ2n) is 16.1. The van der Waals surface area contributed by atoms with Crippen LogP contribution in [0.25, 0.3) is 0 Å². The molecule has 4 heterocycles. The number of allylic oxidation sites excluding steroid dienone is 3. The highest BCUT2D eigenvalue weighted by molar-refractivity contribution is 5.70.